The van der Waals surface area contributed by atoms with Gasteiger partial charge in [0, 0.05) is 25.5 Å². The van der Waals surface area contributed by atoms with Crippen molar-refractivity contribution in [2.75, 3.05) is 13.1 Å². The lowest BCUT2D eigenvalue weighted by molar-refractivity contribution is 0.136. The molecule has 0 amide bonds. The third-order valence-corrected chi connectivity index (χ3v) is 4.82. The molecule has 1 aliphatic rings. The van der Waals surface area contributed by atoms with Gasteiger partial charge in [-0.15, -0.1) is 0 Å². The van der Waals surface area contributed by atoms with E-state index >= 15 is 0 Å². The van der Waals surface area contributed by atoms with Gasteiger partial charge in [-0.1, -0.05) is 72.1 Å². The summed E-state index contributed by atoms with van der Waals surface area (Å²) >= 11 is 0. The molecule has 0 spiro atoms. The second kappa shape index (κ2) is 12.8. The van der Waals surface area contributed by atoms with Gasteiger partial charge in [0.2, 0.25) is 0 Å². The Morgan fingerprint density at radius 1 is 0.591 bits per heavy atom. The highest BCUT2D eigenvalue weighted by atomic mass is 15.4. The van der Waals surface area contributed by atoms with Crippen LogP contribution < -0.4 is 0 Å². The third-order valence-electron chi connectivity index (χ3n) is 4.82. The normalized spacial score (nSPS) is 17.7. The molecule has 0 saturated heterocycles. The first-order valence-electron chi connectivity index (χ1n) is 10.0. The first kappa shape index (κ1) is 19.4. The molecule has 0 aromatic heterocycles. The van der Waals surface area contributed by atoms with Crippen molar-refractivity contribution in [3.05, 3.63) is 12.4 Å². The smallest absolute Gasteiger partial charge is 0.101 e. The van der Waals surface area contributed by atoms with E-state index in [9.17, 15) is 0 Å². The van der Waals surface area contributed by atoms with Crippen molar-refractivity contribution in [1.29, 1.82) is 0 Å². The predicted octanol–water partition coefficient (Wildman–Crippen LogP) is 6.14. The molecule has 1 atom stereocenters. The number of hydrogen-bond donors (Lipinski definition) is 0. The fourth-order valence-electron chi connectivity index (χ4n) is 3.33. The minimum atomic E-state index is 0.648. The minimum Gasteiger partial charge on any atom is -0.356 e. The summed E-state index contributed by atoms with van der Waals surface area (Å²) in [7, 11) is 0. The second-order valence-electron chi connectivity index (χ2n) is 6.87. The van der Waals surface area contributed by atoms with Gasteiger partial charge < -0.3 is 9.80 Å². The number of rotatable bonds is 14. The third kappa shape index (κ3) is 7.56. The number of hydrogen-bond acceptors (Lipinski definition) is 2. The Hall–Kier alpha value is -0.660. The SMILES string of the molecule is CCCCCCCCC1N(CCCC)C=CN1CCCCC. The van der Waals surface area contributed by atoms with Crippen LogP contribution in [0.25, 0.3) is 0 Å². The topological polar surface area (TPSA) is 6.48 Å². The highest BCUT2D eigenvalue weighted by Crippen LogP contribution is 2.23. The maximum absolute atomic E-state index is 2.61. The highest BCUT2D eigenvalue weighted by molar-refractivity contribution is 4.96. The van der Waals surface area contributed by atoms with Crippen molar-refractivity contribution in [3.63, 3.8) is 0 Å². The second-order valence-corrected chi connectivity index (χ2v) is 6.87. The summed E-state index contributed by atoms with van der Waals surface area (Å²) in [5, 5.41) is 0. The van der Waals surface area contributed by atoms with Gasteiger partial charge in [0.25, 0.3) is 0 Å². The average Bonchev–Trinajstić information content (AvgIpc) is 2.91. The Morgan fingerprint density at radius 3 is 1.73 bits per heavy atom. The summed E-state index contributed by atoms with van der Waals surface area (Å²) in [5.74, 6) is 0. The zero-order chi connectivity index (χ0) is 16.0. The van der Waals surface area contributed by atoms with Gasteiger partial charge in [-0.2, -0.15) is 0 Å². The van der Waals surface area contributed by atoms with Crippen molar-refractivity contribution in [2.45, 2.75) is 104 Å². The van der Waals surface area contributed by atoms with Gasteiger partial charge in [-0.05, 0) is 25.7 Å². The van der Waals surface area contributed by atoms with Gasteiger partial charge >= 0.3 is 0 Å². The first-order valence-corrected chi connectivity index (χ1v) is 10.0. The van der Waals surface area contributed by atoms with Gasteiger partial charge in [0.15, 0.2) is 0 Å². The van der Waals surface area contributed by atoms with Crippen LogP contribution in [0.4, 0.5) is 0 Å². The molecule has 0 bridgehead atoms. The monoisotopic (exact) mass is 308 g/mol. The largest absolute Gasteiger partial charge is 0.356 e. The molecule has 0 fully saturated rings. The number of nitrogens with zero attached hydrogens (tertiary/aromatic N) is 2. The average molecular weight is 309 g/mol. The maximum Gasteiger partial charge on any atom is 0.101 e. The van der Waals surface area contributed by atoms with Gasteiger partial charge in [-0.25, -0.2) is 0 Å². The standard InChI is InChI=1S/C20H40N2/c1-4-7-10-11-12-13-15-20-21(16-9-6-3)18-19-22(20)17-14-8-5-2/h18-20H,4-17H2,1-3H3. The molecule has 1 rings (SSSR count). The molecule has 1 aliphatic heterocycles. The highest BCUT2D eigenvalue weighted by Gasteiger charge is 2.24. The Morgan fingerprint density at radius 2 is 1.09 bits per heavy atom. The first-order chi connectivity index (χ1) is 10.8. The molecule has 0 aromatic carbocycles. The summed E-state index contributed by atoms with van der Waals surface area (Å²) < 4.78 is 0. The molecule has 1 heterocycles. The lowest BCUT2D eigenvalue weighted by Gasteiger charge is -2.33. The van der Waals surface area contributed by atoms with E-state index in [4.69, 9.17) is 0 Å². The molecule has 0 saturated carbocycles. The molecule has 130 valence electrons. The van der Waals surface area contributed by atoms with Crippen LogP contribution >= 0.6 is 0 Å². The van der Waals surface area contributed by atoms with E-state index in [1.807, 2.05) is 0 Å². The van der Waals surface area contributed by atoms with Crippen LogP contribution in [-0.4, -0.2) is 29.1 Å². The molecule has 1 unspecified atom stereocenters. The van der Waals surface area contributed by atoms with Gasteiger partial charge in [-0.3, -0.25) is 0 Å². The van der Waals surface area contributed by atoms with E-state index in [1.54, 1.807) is 0 Å². The quantitative estimate of drug-likeness (QED) is 0.355. The molecule has 0 radical (unpaired) electrons. The van der Waals surface area contributed by atoms with Crippen molar-refractivity contribution >= 4 is 0 Å². The molecular formula is C20H40N2. The van der Waals surface area contributed by atoms with Crippen LogP contribution in [0.3, 0.4) is 0 Å². The van der Waals surface area contributed by atoms with Crippen molar-refractivity contribution < 1.29 is 0 Å². The van der Waals surface area contributed by atoms with Crippen molar-refractivity contribution in [2.24, 2.45) is 0 Å². The molecule has 0 N–H and O–H groups in total. The number of unbranched alkanes of at least 4 members (excludes halogenated alkanes) is 8. The van der Waals surface area contributed by atoms with E-state index in [0.29, 0.717) is 6.17 Å². The molecule has 2 heteroatoms. The zero-order valence-electron chi connectivity index (χ0n) is 15.5. The van der Waals surface area contributed by atoms with Crippen LogP contribution in [0.15, 0.2) is 12.4 Å². The van der Waals surface area contributed by atoms with Crippen LogP contribution in [0.2, 0.25) is 0 Å². The summed E-state index contributed by atoms with van der Waals surface area (Å²) in [6.07, 6.45) is 21.8. The summed E-state index contributed by atoms with van der Waals surface area (Å²) in [5.41, 5.74) is 0. The predicted molar refractivity (Wildman–Crippen MR) is 98.8 cm³/mol. The fraction of sp³-hybridized carbons (Fsp3) is 0.900. The summed E-state index contributed by atoms with van der Waals surface area (Å²) in [6, 6.07) is 0. The zero-order valence-corrected chi connectivity index (χ0v) is 15.5. The van der Waals surface area contributed by atoms with Crippen LogP contribution in [0.5, 0.6) is 0 Å². The van der Waals surface area contributed by atoms with Crippen LogP contribution in [0.1, 0.15) is 97.8 Å². The Balaban J connectivity index is 2.32. The van der Waals surface area contributed by atoms with E-state index in [-0.39, 0.29) is 0 Å². The Kier molecular flexibility index (Phi) is 11.3. The van der Waals surface area contributed by atoms with E-state index in [2.05, 4.69) is 43.0 Å². The summed E-state index contributed by atoms with van der Waals surface area (Å²) in [4.78, 5) is 5.21. The molecular weight excluding hydrogens is 268 g/mol. The molecule has 0 aromatic rings. The lowest BCUT2D eigenvalue weighted by atomic mass is 10.1. The van der Waals surface area contributed by atoms with E-state index in [1.165, 1.54) is 90.1 Å². The Bertz CT molecular complexity index is 275. The van der Waals surface area contributed by atoms with Gasteiger partial charge in [0.05, 0.1) is 0 Å². The van der Waals surface area contributed by atoms with Crippen molar-refractivity contribution in [1.82, 2.24) is 9.80 Å². The van der Waals surface area contributed by atoms with Crippen LogP contribution in [0, 0.1) is 0 Å². The van der Waals surface area contributed by atoms with E-state index < -0.39 is 0 Å². The Labute approximate surface area is 139 Å². The van der Waals surface area contributed by atoms with Gasteiger partial charge in [0.1, 0.15) is 6.17 Å². The minimum absolute atomic E-state index is 0.648. The van der Waals surface area contributed by atoms with Crippen molar-refractivity contribution in [3.8, 4) is 0 Å². The maximum atomic E-state index is 2.61. The van der Waals surface area contributed by atoms with Crippen LogP contribution in [-0.2, 0) is 0 Å². The molecule has 22 heavy (non-hydrogen) atoms. The molecule has 2 nitrogen and oxygen atoms in total. The lowest BCUT2D eigenvalue weighted by Crippen LogP contribution is -2.39. The summed E-state index contributed by atoms with van der Waals surface area (Å²) in [6.45, 7) is 9.36. The molecule has 0 aliphatic carbocycles. The van der Waals surface area contributed by atoms with E-state index in [0.717, 1.165) is 0 Å². The fourth-order valence-corrected chi connectivity index (χ4v) is 3.33.